The van der Waals surface area contributed by atoms with Gasteiger partial charge in [-0.2, -0.15) is 9.97 Å². The number of anilines is 1. The summed E-state index contributed by atoms with van der Waals surface area (Å²) < 4.78 is 58.9. The molecule has 1 unspecified atom stereocenters. The van der Waals surface area contributed by atoms with Crippen LogP contribution in [0.2, 0.25) is 5.02 Å². The minimum Gasteiger partial charge on any atom is -0.481 e. The number of rotatable bonds is 11. The molecule has 1 atom stereocenters. The van der Waals surface area contributed by atoms with Crippen molar-refractivity contribution < 1.29 is 41.3 Å². The van der Waals surface area contributed by atoms with Crippen LogP contribution in [0.5, 0.6) is 11.8 Å². The second-order valence-electron chi connectivity index (χ2n) is 6.37. The van der Waals surface area contributed by atoms with Crippen LogP contribution < -0.4 is 19.5 Å². The van der Waals surface area contributed by atoms with Gasteiger partial charge in [0.15, 0.2) is 6.86 Å². The van der Waals surface area contributed by atoms with Crippen LogP contribution in [-0.4, -0.2) is 69.2 Å². The minimum absolute atomic E-state index is 0.0584. The number of hydrogen-bond acceptors (Lipinski definition) is 11. The fourth-order valence-electron chi connectivity index (χ4n) is 2.56. The van der Waals surface area contributed by atoms with Crippen LogP contribution in [0.3, 0.4) is 0 Å². The minimum atomic E-state index is -4.55. The number of pyridine rings is 1. The highest BCUT2D eigenvalue weighted by Crippen LogP contribution is 2.25. The number of halogens is 2. The van der Waals surface area contributed by atoms with Crippen LogP contribution in [-0.2, 0) is 30.7 Å². The Morgan fingerprint density at radius 3 is 2.44 bits per heavy atom. The van der Waals surface area contributed by atoms with E-state index in [1.807, 2.05) is 0 Å². The molecule has 0 aliphatic rings. The van der Waals surface area contributed by atoms with Crippen molar-refractivity contribution in [3.8, 4) is 11.8 Å². The van der Waals surface area contributed by atoms with Crippen molar-refractivity contribution in [2.24, 2.45) is 0 Å². The Balaban J connectivity index is 2.19. The molecule has 0 aliphatic heterocycles. The van der Waals surface area contributed by atoms with Crippen molar-refractivity contribution in [1.82, 2.24) is 19.7 Å². The van der Waals surface area contributed by atoms with E-state index in [0.29, 0.717) is 0 Å². The highest BCUT2D eigenvalue weighted by atomic mass is 35.5. The number of sulfonamides is 1. The average molecular weight is 522 g/mol. The SMILES string of the molecule is COc1cc(OC)nc(NC(=O)NS(=O)(=O)c2c(Cl)ccnc2CC(C)OC(=O)COCF)n1. The predicted molar refractivity (Wildman–Crippen MR) is 115 cm³/mol. The zero-order valence-electron chi connectivity index (χ0n) is 18.2. The van der Waals surface area contributed by atoms with Gasteiger partial charge in [-0.15, -0.1) is 0 Å². The average Bonchev–Trinajstić information content (AvgIpc) is 2.76. The number of amides is 2. The molecular formula is C18H21ClFN5O8S. The van der Waals surface area contributed by atoms with Gasteiger partial charge in [0, 0.05) is 12.6 Å². The number of ether oxygens (including phenoxy) is 4. The van der Waals surface area contributed by atoms with E-state index in [-0.39, 0.29) is 34.8 Å². The maximum atomic E-state index is 12.9. The first-order chi connectivity index (χ1) is 16.1. The first kappa shape index (κ1) is 26.9. The van der Waals surface area contributed by atoms with Crippen LogP contribution in [0, 0.1) is 0 Å². The molecular weight excluding hydrogens is 501 g/mol. The predicted octanol–water partition coefficient (Wildman–Crippen LogP) is 1.47. The molecule has 2 aromatic heterocycles. The van der Waals surface area contributed by atoms with Gasteiger partial charge in [-0.1, -0.05) is 11.6 Å². The second kappa shape index (κ2) is 12.2. The number of methoxy groups -OCH3 is 2. The van der Waals surface area contributed by atoms with Crippen molar-refractivity contribution in [2.45, 2.75) is 24.3 Å². The van der Waals surface area contributed by atoms with Gasteiger partial charge in [-0.25, -0.2) is 27.1 Å². The number of alkyl halides is 1. The topological polar surface area (TPSA) is 168 Å². The van der Waals surface area contributed by atoms with Gasteiger partial charge < -0.3 is 18.9 Å². The highest BCUT2D eigenvalue weighted by molar-refractivity contribution is 7.90. The maximum absolute atomic E-state index is 12.9. The molecule has 13 nitrogen and oxygen atoms in total. The lowest BCUT2D eigenvalue weighted by Crippen LogP contribution is -2.36. The van der Waals surface area contributed by atoms with Gasteiger partial charge in [0.05, 0.1) is 31.0 Å². The van der Waals surface area contributed by atoms with E-state index in [2.05, 4.69) is 25.0 Å². The van der Waals surface area contributed by atoms with Crippen LogP contribution >= 0.6 is 11.6 Å². The first-order valence-corrected chi connectivity index (χ1v) is 11.2. The summed E-state index contributed by atoms with van der Waals surface area (Å²) in [6, 6.07) is 1.35. The summed E-state index contributed by atoms with van der Waals surface area (Å²) in [6.45, 7) is -0.323. The molecule has 0 fully saturated rings. The van der Waals surface area contributed by atoms with Crippen LogP contribution in [0.15, 0.2) is 23.2 Å². The summed E-state index contributed by atoms with van der Waals surface area (Å²) in [6.07, 6.45) is 0.186. The summed E-state index contributed by atoms with van der Waals surface area (Å²) in [7, 11) is -1.89. The largest absolute Gasteiger partial charge is 0.481 e. The van der Waals surface area contributed by atoms with Crippen molar-refractivity contribution in [3.63, 3.8) is 0 Å². The van der Waals surface area contributed by atoms with Gasteiger partial charge >= 0.3 is 12.0 Å². The van der Waals surface area contributed by atoms with Crippen molar-refractivity contribution in [1.29, 1.82) is 0 Å². The molecule has 186 valence electrons. The van der Waals surface area contributed by atoms with Gasteiger partial charge in [0.25, 0.3) is 10.0 Å². The third-order valence-electron chi connectivity index (χ3n) is 3.86. The highest BCUT2D eigenvalue weighted by Gasteiger charge is 2.27. The Bertz CT molecular complexity index is 1120. The van der Waals surface area contributed by atoms with E-state index >= 15 is 0 Å². The second-order valence-corrected chi connectivity index (χ2v) is 8.39. The van der Waals surface area contributed by atoms with Gasteiger partial charge in [-0.3, -0.25) is 10.3 Å². The number of esters is 1. The molecule has 0 spiro atoms. The van der Waals surface area contributed by atoms with Crippen LogP contribution in [0.25, 0.3) is 0 Å². The summed E-state index contributed by atoms with van der Waals surface area (Å²) >= 11 is 6.08. The summed E-state index contributed by atoms with van der Waals surface area (Å²) in [4.78, 5) is 35.1. The van der Waals surface area contributed by atoms with E-state index in [4.69, 9.17) is 25.8 Å². The smallest absolute Gasteiger partial charge is 0.335 e. The molecule has 34 heavy (non-hydrogen) atoms. The Kier molecular flexibility index (Phi) is 9.70. The lowest BCUT2D eigenvalue weighted by molar-refractivity contribution is -0.155. The number of carbonyl (C=O) groups excluding carboxylic acids is 2. The first-order valence-electron chi connectivity index (χ1n) is 9.37. The van der Waals surface area contributed by atoms with Gasteiger partial charge in [0.2, 0.25) is 17.7 Å². The Morgan fingerprint density at radius 2 is 1.85 bits per heavy atom. The number of hydrogen-bond donors (Lipinski definition) is 2. The molecule has 2 N–H and O–H groups in total. The maximum Gasteiger partial charge on any atom is 0.335 e. The number of nitrogens with zero attached hydrogens (tertiary/aromatic N) is 3. The van der Waals surface area contributed by atoms with Gasteiger partial charge in [-0.05, 0) is 13.0 Å². The van der Waals surface area contributed by atoms with E-state index in [9.17, 15) is 22.4 Å². The van der Waals surface area contributed by atoms with E-state index < -0.39 is 46.5 Å². The van der Waals surface area contributed by atoms with Gasteiger partial charge in [0.1, 0.15) is 17.6 Å². The fourth-order valence-corrected chi connectivity index (χ4v) is 4.20. The number of carbonyl (C=O) groups is 2. The Morgan fingerprint density at radius 1 is 1.21 bits per heavy atom. The fraction of sp³-hybridized carbons (Fsp3) is 0.389. The van der Waals surface area contributed by atoms with Crippen molar-refractivity contribution >= 4 is 39.6 Å². The molecule has 0 bridgehead atoms. The monoisotopic (exact) mass is 521 g/mol. The lowest BCUT2D eigenvalue weighted by atomic mass is 10.2. The van der Waals surface area contributed by atoms with Crippen molar-refractivity contribution in [2.75, 3.05) is 33.0 Å². The standard InChI is InChI=1S/C18H21ClFN5O8S/c1-10(33-15(26)8-32-9-20)6-12-16(11(19)4-5-21-12)34(28,29)25-18(27)24-17-22-13(30-2)7-14(23-17)31-3/h4-5,7,10H,6,8-9H2,1-3H3,(H2,22,23,24,25,27). The summed E-state index contributed by atoms with van der Waals surface area (Å²) in [5.74, 6) is -1.04. The van der Waals surface area contributed by atoms with Crippen LogP contribution in [0.4, 0.5) is 15.1 Å². The molecule has 2 aromatic rings. The van der Waals surface area contributed by atoms with E-state index in [1.54, 1.807) is 4.72 Å². The third kappa shape index (κ3) is 7.64. The normalized spacial score (nSPS) is 11.9. The molecule has 2 heterocycles. The lowest BCUT2D eigenvalue weighted by Gasteiger charge is -2.16. The number of aromatic nitrogens is 3. The molecule has 0 aliphatic carbocycles. The third-order valence-corrected chi connectivity index (χ3v) is 5.73. The molecule has 16 heteroatoms. The summed E-state index contributed by atoms with van der Waals surface area (Å²) in [5.41, 5.74) is -0.0844. The molecule has 2 amide bonds. The Hall–Kier alpha value is -3.30. The zero-order chi connectivity index (χ0) is 25.3. The molecule has 2 rings (SSSR count). The van der Waals surface area contributed by atoms with Crippen molar-refractivity contribution in [3.05, 3.63) is 29.0 Å². The number of urea groups is 1. The molecule has 0 radical (unpaired) electrons. The van der Waals surface area contributed by atoms with Crippen LogP contribution in [0.1, 0.15) is 12.6 Å². The number of nitrogens with one attached hydrogen (secondary N) is 2. The summed E-state index contributed by atoms with van der Waals surface area (Å²) in [5, 5.41) is 1.92. The molecule has 0 saturated heterocycles. The molecule has 0 saturated carbocycles. The molecule has 0 aromatic carbocycles. The zero-order valence-corrected chi connectivity index (χ0v) is 19.8. The Labute approximate surface area is 199 Å². The quantitative estimate of drug-likeness (QED) is 0.410. The van der Waals surface area contributed by atoms with E-state index in [1.165, 1.54) is 39.5 Å². The van der Waals surface area contributed by atoms with E-state index in [0.717, 1.165) is 0 Å².